The first-order chi connectivity index (χ1) is 15.3. The molecule has 0 radical (unpaired) electrons. The fraction of sp³-hybridized carbons (Fsp3) is 0.375. The molecule has 3 aromatic rings. The van der Waals surface area contributed by atoms with Crippen molar-refractivity contribution in [3.8, 4) is 5.69 Å². The van der Waals surface area contributed by atoms with Crippen molar-refractivity contribution in [1.29, 1.82) is 0 Å². The molecular weight excluding hydrogens is 386 g/mol. The van der Waals surface area contributed by atoms with Gasteiger partial charge < -0.3 is 10.6 Å². The second-order valence-electron chi connectivity index (χ2n) is 7.83. The number of hydrogen-bond acceptors (Lipinski definition) is 4. The van der Waals surface area contributed by atoms with Gasteiger partial charge in [0.05, 0.1) is 0 Å². The van der Waals surface area contributed by atoms with E-state index in [-0.39, 0.29) is 0 Å². The highest BCUT2D eigenvalue weighted by Gasteiger charge is 2.20. The second kappa shape index (κ2) is 10.7. The molecule has 0 unspecified atom stereocenters. The lowest BCUT2D eigenvalue weighted by molar-refractivity contribution is 0.198. The highest BCUT2D eigenvalue weighted by atomic mass is 15.3. The third kappa shape index (κ3) is 5.92. The van der Waals surface area contributed by atoms with Crippen LogP contribution in [0.25, 0.3) is 5.69 Å². The van der Waals surface area contributed by atoms with E-state index >= 15 is 0 Å². The van der Waals surface area contributed by atoms with E-state index in [1.807, 2.05) is 34.9 Å². The van der Waals surface area contributed by atoms with Crippen LogP contribution in [0, 0.1) is 0 Å². The molecule has 0 amide bonds. The van der Waals surface area contributed by atoms with Crippen LogP contribution in [0.2, 0.25) is 0 Å². The molecule has 2 heterocycles. The summed E-state index contributed by atoms with van der Waals surface area (Å²) < 4.78 is 1.98. The topological polar surface area (TPSA) is 70.4 Å². The zero-order chi connectivity index (χ0) is 21.3. The number of nitrogens with zero attached hydrogens (tertiary/aromatic N) is 5. The summed E-state index contributed by atoms with van der Waals surface area (Å²) in [6, 6.07) is 21.2. The quantitative estimate of drug-likeness (QED) is 0.457. The Morgan fingerprint density at radius 2 is 1.74 bits per heavy atom. The standard InChI is InChI=1S/C24H31N7/c1-2-25-24(26-17-23-29-27-19-31(23)22-11-7-4-8-12-22)28-21-13-15-30(16-14-21)18-20-9-5-3-6-10-20/h3-12,19,21H,2,13-18H2,1H3,(H2,25,26,28). The van der Waals surface area contributed by atoms with Crippen LogP contribution in [0.5, 0.6) is 0 Å². The van der Waals surface area contributed by atoms with Crippen LogP contribution < -0.4 is 10.6 Å². The van der Waals surface area contributed by atoms with Gasteiger partial charge in [-0.3, -0.25) is 9.47 Å². The second-order valence-corrected chi connectivity index (χ2v) is 7.83. The Morgan fingerprint density at radius 3 is 2.45 bits per heavy atom. The van der Waals surface area contributed by atoms with Gasteiger partial charge in [-0.15, -0.1) is 10.2 Å². The SMILES string of the molecule is CCNC(=NCc1nncn1-c1ccccc1)NC1CCN(Cc2ccccc2)CC1. The Morgan fingerprint density at radius 1 is 1.03 bits per heavy atom. The van der Waals surface area contributed by atoms with Gasteiger partial charge in [0.2, 0.25) is 0 Å². The van der Waals surface area contributed by atoms with E-state index < -0.39 is 0 Å². The Bertz CT molecular complexity index is 944. The molecule has 1 fully saturated rings. The highest BCUT2D eigenvalue weighted by Crippen LogP contribution is 2.14. The van der Waals surface area contributed by atoms with E-state index in [0.717, 1.165) is 56.5 Å². The number of guanidine groups is 1. The lowest BCUT2D eigenvalue weighted by Gasteiger charge is -2.33. The normalized spacial score (nSPS) is 15.7. The highest BCUT2D eigenvalue weighted by molar-refractivity contribution is 5.80. The summed E-state index contributed by atoms with van der Waals surface area (Å²) >= 11 is 0. The molecule has 1 aromatic heterocycles. The molecule has 2 N–H and O–H groups in total. The van der Waals surface area contributed by atoms with Gasteiger partial charge in [-0.05, 0) is 37.5 Å². The largest absolute Gasteiger partial charge is 0.357 e. The molecule has 0 aliphatic carbocycles. The molecule has 2 aromatic carbocycles. The number of para-hydroxylation sites is 1. The number of rotatable bonds is 7. The zero-order valence-electron chi connectivity index (χ0n) is 18.1. The van der Waals surface area contributed by atoms with Crippen LogP contribution >= 0.6 is 0 Å². The number of benzene rings is 2. The van der Waals surface area contributed by atoms with Gasteiger partial charge in [0, 0.05) is 37.9 Å². The monoisotopic (exact) mass is 417 g/mol. The Kier molecular flexibility index (Phi) is 7.28. The average Bonchev–Trinajstić information content (AvgIpc) is 3.29. The number of aromatic nitrogens is 3. The molecule has 0 spiro atoms. The molecule has 7 nitrogen and oxygen atoms in total. The molecule has 31 heavy (non-hydrogen) atoms. The number of piperidine rings is 1. The molecule has 0 bridgehead atoms. The summed E-state index contributed by atoms with van der Waals surface area (Å²) in [6.45, 7) is 6.59. The van der Waals surface area contributed by atoms with E-state index in [9.17, 15) is 0 Å². The summed E-state index contributed by atoms with van der Waals surface area (Å²) in [6.07, 6.45) is 3.96. The van der Waals surface area contributed by atoms with E-state index in [4.69, 9.17) is 4.99 Å². The molecular formula is C24H31N7. The van der Waals surface area contributed by atoms with Crippen LogP contribution in [-0.4, -0.2) is 51.3 Å². The van der Waals surface area contributed by atoms with Crippen LogP contribution in [0.4, 0.5) is 0 Å². The van der Waals surface area contributed by atoms with Crippen molar-refractivity contribution < 1.29 is 0 Å². The van der Waals surface area contributed by atoms with Crippen molar-refractivity contribution in [2.24, 2.45) is 4.99 Å². The minimum Gasteiger partial charge on any atom is -0.357 e. The maximum Gasteiger partial charge on any atom is 0.191 e. The number of hydrogen-bond donors (Lipinski definition) is 2. The minimum atomic E-state index is 0.428. The van der Waals surface area contributed by atoms with Gasteiger partial charge in [-0.1, -0.05) is 48.5 Å². The maximum absolute atomic E-state index is 4.78. The summed E-state index contributed by atoms with van der Waals surface area (Å²) in [4.78, 5) is 7.31. The first-order valence-electron chi connectivity index (χ1n) is 11.1. The fourth-order valence-corrected chi connectivity index (χ4v) is 3.91. The van der Waals surface area contributed by atoms with Crippen molar-refractivity contribution in [3.05, 3.63) is 78.4 Å². The van der Waals surface area contributed by atoms with E-state index in [1.165, 1.54) is 5.56 Å². The maximum atomic E-state index is 4.78. The first-order valence-corrected chi connectivity index (χ1v) is 11.1. The molecule has 162 valence electrons. The van der Waals surface area contributed by atoms with Gasteiger partial charge in [0.15, 0.2) is 11.8 Å². The summed E-state index contributed by atoms with van der Waals surface area (Å²) in [7, 11) is 0. The number of likely N-dealkylation sites (tertiary alicyclic amines) is 1. The molecule has 1 aliphatic heterocycles. The molecule has 1 aliphatic rings. The van der Waals surface area contributed by atoms with Crippen molar-refractivity contribution in [2.75, 3.05) is 19.6 Å². The van der Waals surface area contributed by atoms with Crippen molar-refractivity contribution in [2.45, 2.75) is 38.9 Å². The Hall–Kier alpha value is -3.19. The van der Waals surface area contributed by atoms with Gasteiger partial charge in [-0.25, -0.2) is 4.99 Å². The molecule has 0 saturated carbocycles. The average molecular weight is 418 g/mol. The molecule has 7 heteroatoms. The van der Waals surface area contributed by atoms with Crippen molar-refractivity contribution in [1.82, 2.24) is 30.3 Å². The van der Waals surface area contributed by atoms with Crippen LogP contribution in [0.1, 0.15) is 31.2 Å². The van der Waals surface area contributed by atoms with Gasteiger partial charge >= 0.3 is 0 Å². The smallest absolute Gasteiger partial charge is 0.191 e. The molecule has 1 saturated heterocycles. The summed E-state index contributed by atoms with van der Waals surface area (Å²) in [5, 5.41) is 15.3. The third-order valence-corrected chi connectivity index (χ3v) is 5.55. The predicted molar refractivity (Wildman–Crippen MR) is 124 cm³/mol. The third-order valence-electron chi connectivity index (χ3n) is 5.55. The fourth-order valence-electron chi connectivity index (χ4n) is 3.91. The van der Waals surface area contributed by atoms with Crippen LogP contribution in [0.15, 0.2) is 72.0 Å². The van der Waals surface area contributed by atoms with Crippen molar-refractivity contribution >= 4 is 5.96 Å². The van der Waals surface area contributed by atoms with Crippen molar-refractivity contribution in [3.63, 3.8) is 0 Å². The Labute approximate surface area is 184 Å². The van der Waals surface area contributed by atoms with Crippen LogP contribution in [-0.2, 0) is 13.1 Å². The van der Waals surface area contributed by atoms with Crippen LogP contribution in [0.3, 0.4) is 0 Å². The minimum absolute atomic E-state index is 0.428. The summed E-state index contributed by atoms with van der Waals surface area (Å²) in [5.41, 5.74) is 2.42. The van der Waals surface area contributed by atoms with E-state index in [2.05, 4.69) is 63.0 Å². The van der Waals surface area contributed by atoms with Gasteiger partial charge in [0.1, 0.15) is 12.9 Å². The zero-order valence-corrected chi connectivity index (χ0v) is 18.1. The lowest BCUT2D eigenvalue weighted by atomic mass is 10.0. The lowest BCUT2D eigenvalue weighted by Crippen LogP contribution is -2.48. The number of aliphatic imine (C=N–C) groups is 1. The first kappa shape index (κ1) is 21.1. The van der Waals surface area contributed by atoms with Gasteiger partial charge in [0.25, 0.3) is 0 Å². The predicted octanol–water partition coefficient (Wildman–Crippen LogP) is 2.99. The summed E-state index contributed by atoms with van der Waals surface area (Å²) in [5.74, 6) is 1.66. The molecule has 4 rings (SSSR count). The number of nitrogens with one attached hydrogen (secondary N) is 2. The van der Waals surface area contributed by atoms with E-state index in [1.54, 1.807) is 6.33 Å². The Balaban J connectivity index is 1.33. The molecule has 0 atom stereocenters. The van der Waals surface area contributed by atoms with E-state index in [0.29, 0.717) is 12.6 Å². The van der Waals surface area contributed by atoms with Gasteiger partial charge in [-0.2, -0.15) is 0 Å².